The Balaban J connectivity index is 0.906. The van der Waals surface area contributed by atoms with Gasteiger partial charge in [-0.2, -0.15) is 0 Å². The third-order valence-electron chi connectivity index (χ3n) is 14.3. The fourth-order valence-corrected chi connectivity index (χ4v) is 12.4. The highest BCUT2D eigenvalue weighted by Gasteiger charge is 2.35. The van der Waals surface area contributed by atoms with E-state index in [2.05, 4.69) is 32.0 Å². The Labute approximate surface area is 377 Å². The van der Waals surface area contributed by atoms with Crippen LogP contribution in [0.2, 0.25) is 0 Å². The fraction of sp³-hybridized carbons (Fsp3) is 0.580. The summed E-state index contributed by atoms with van der Waals surface area (Å²) in [6, 6.07) is 9.81. The van der Waals surface area contributed by atoms with Crippen molar-refractivity contribution in [2.75, 3.05) is 6.61 Å². The molecule has 0 saturated heterocycles. The van der Waals surface area contributed by atoms with Crippen molar-refractivity contribution in [3.63, 3.8) is 0 Å². The first-order chi connectivity index (χ1) is 30.3. The van der Waals surface area contributed by atoms with Gasteiger partial charge in [0, 0.05) is 16.5 Å². The summed E-state index contributed by atoms with van der Waals surface area (Å²) in [5, 5.41) is 1.87. The normalized spacial score (nSPS) is 26.5. The minimum Gasteiger partial charge on any atom is -0.465 e. The van der Waals surface area contributed by atoms with E-state index in [4.69, 9.17) is 23.9 Å². The van der Waals surface area contributed by atoms with Crippen LogP contribution >= 0.6 is 22.7 Å². The molecule has 4 fully saturated rings. The molecule has 2 aromatic heterocycles. The Morgan fingerprint density at radius 3 is 1.68 bits per heavy atom. The van der Waals surface area contributed by atoms with Crippen LogP contribution in [0.3, 0.4) is 0 Å². The minimum atomic E-state index is -0.355. The molecule has 0 unspecified atom stereocenters. The van der Waals surface area contributed by atoms with Gasteiger partial charge in [-0.25, -0.2) is 4.98 Å². The first-order valence-electron chi connectivity index (χ1n) is 23.1. The molecule has 4 saturated carbocycles. The number of carbonyl (C=O) groups is 6. The molecule has 0 radical (unpaired) electrons. The van der Waals surface area contributed by atoms with Crippen molar-refractivity contribution in [3.8, 4) is 21.4 Å². The van der Waals surface area contributed by atoms with Crippen molar-refractivity contribution in [2.24, 2.45) is 41.4 Å². The Morgan fingerprint density at radius 1 is 0.571 bits per heavy atom. The van der Waals surface area contributed by atoms with E-state index in [-0.39, 0.29) is 83.0 Å². The second kappa shape index (κ2) is 19.7. The number of carbonyl (C=O) groups excluding carboxylic acids is 6. The van der Waals surface area contributed by atoms with Gasteiger partial charge in [0.2, 0.25) is 0 Å². The standard InChI is InChI=1S/C50H59NO10S2/c1-27-23-28(2)44-38(24-27)25-42(62-44)46-51-43-40(60-49(56)35-7-5-31(6-8-35)26-58-47(54)34-13-9-32(10-14-34)29(3)52)21-22-41(45(43)63-46)61-50(57)37-17-19-39(20-18-37)59-48(55)36-15-11-33(12-16-36)30(4)53/h21-25,31-37,39H,5-20,26H2,1-4H3. The lowest BCUT2D eigenvalue weighted by atomic mass is 9.80. The molecule has 336 valence electrons. The van der Waals surface area contributed by atoms with Gasteiger partial charge in [-0.1, -0.05) is 17.7 Å². The number of hydrogen-bond donors (Lipinski definition) is 0. The zero-order valence-electron chi connectivity index (χ0n) is 36.9. The number of thiophene rings is 1. The van der Waals surface area contributed by atoms with E-state index in [9.17, 15) is 28.8 Å². The van der Waals surface area contributed by atoms with Gasteiger partial charge in [-0.15, -0.1) is 22.7 Å². The van der Waals surface area contributed by atoms with Crippen LogP contribution in [0.1, 0.15) is 128 Å². The Kier molecular flexibility index (Phi) is 14.1. The predicted molar refractivity (Wildman–Crippen MR) is 242 cm³/mol. The lowest BCUT2D eigenvalue weighted by molar-refractivity contribution is -0.158. The zero-order valence-corrected chi connectivity index (χ0v) is 38.5. The highest BCUT2D eigenvalue weighted by atomic mass is 32.1. The maximum Gasteiger partial charge on any atom is 0.314 e. The van der Waals surface area contributed by atoms with E-state index < -0.39 is 0 Å². The average molecular weight is 898 g/mol. The van der Waals surface area contributed by atoms with Crippen molar-refractivity contribution < 1.29 is 47.7 Å². The van der Waals surface area contributed by atoms with Crippen LogP contribution in [0.25, 0.3) is 30.2 Å². The van der Waals surface area contributed by atoms with Gasteiger partial charge in [0.05, 0.1) is 35.2 Å². The summed E-state index contributed by atoms with van der Waals surface area (Å²) in [5.74, 6) is -0.683. The second-order valence-corrected chi connectivity index (χ2v) is 20.8. The Hall–Kier alpha value is -4.49. The summed E-state index contributed by atoms with van der Waals surface area (Å²) >= 11 is 3.06. The molecule has 0 atom stereocenters. The van der Waals surface area contributed by atoms with Crippen molar-refractivity contribution in [2.45, 2.75) is 137 Å². The van der Waals surface area contributed by atoms with Gasteiger partial charge in [0.15, 0.2) is 11.5 Å². The van der Waals surface area contributed by atoms with E-state index in [1.165, 1.54) is 27.2 Å². The van der Waals surface area contributed by atoms with Gasteiger partial charge in [-0.05, 0) is 165 Å². The maximum absolute atomic E-state index is 13.7. The van der Waals surface area contributed by atoms with Crippen LogP contribution in [0.5, 0.6) is 11.5 Å². The van der Waals surface area contributed by atoms with Crippen molar-refractivity contribution in [1.29, 1.82) is 0 Å². The van der Waals surface area contributed by atoms with Crippen LogP contribution in [0.4, 0.5) is 0 Å². The smallest absolute Gasteiger partial charge is 0.314 e. The number of rotatable bonds is 12. The first kappa shape index (κ1) is 45.1. The van der Waals surface area contributed by atoms with Crippen molar-refractivity contribution in [3.05, 3.63) is 41.5 Å². The lowest BCUT2D eigenvalue weighted by Crippen LogP contribution is -2.33. The maximum atomic E-state index is 13.7. The summed E-state index contributed by atoms with van der Waals surface area (Å²) in [4.78, 5) is 82.7. The number of aryl methyl sites for hydroxylation is 2. The largest absolute Gasteiger partial charge is 0.465 e. The topological polar surface area (TPSA) is 152 Å². The van der Waals surface area contributed by atoms with E-state index in [0.717, 1.165) is 53.8 Å². The summed E-state index contributed by atoms with van der Waals surface area (Å²) in [6.07, 6.45) is 10.4. The molecule has 0 bridgehead atoms. The lowest BCUT2D eigenvalue weighted by Gasteiger charge is -2.30. The van der Waals surface area contributed by atoms with Crippen molar-refractivity contribution in [1.82, 2.24) is 4.98 Å². The number of hydrogen-bond acceptors (Lipinski definition) is 13. The number of Topliss-reactive ketones (excluding diaryl/α,β-unsaturated/α-hetero) is 2. The van der Waals surface area contributed by atoms with E-state index in [0.29, 0.717) is 92.5 Å². The Morgan fingerprint density at radius 2 is 1.08 bits per heavy atom. The summed E-state index contributed by atoms with van der Waals surface area (Å²) in [5.41, 5.74) is 2.83. The molecule has 63 heavy (non-hydrogen) atoms. The third-order valence-corrected chi connectivity index (χ3v) is 16.8. The molecule has 8 rings (SSSR count). The SMILES string of the molecule is CC(=O)C1CCC(C(=O)OCC2CCC(C(=O)Oc3ccc(OC(=O)C4CCC(OC(=O)C5CCC(C(C)=O)CC5)CC4)c4sc(-c5cc6cc(C)cc(C)c6s5)nc34)CC2)CC1. The highest BCUT2D eigenvalue weighted by molar-refractivity contribution is 7.28. The number of esters is 4. The molecule has 11 nitrogen and oxygen atoms in total. The molecule has 2 aromatic carbocycles. The number of thiazole rings is 1. The molecule has 0 amide bonds. The zero-order chi connectivity index (χ0) is 44.4. The quantitative estimate of drug-likeness (QED) is 0.0986. The van der Waals surface area contributed by atoms with E-state index in [1.807, 2.05) is 0 Å². The summed E-state index contributed by atoms with van der Waals surface area (Å²) < 4.78 is 25.7. The van der Waals surface area contributed by atoms with Gasteiger partial charge >= 0.3 is 23.9 Å². The molecule has 4 aliphatic rings. The molecule has 13 heteroatoms. The van der Waals surface area contributed by atoms with E-state index >= 15 is 0 Å². The van der Waals surface area contributed by atoms with Gasteiger partial charge in [0.25, 0.3) is 0 Å². The number of ether oxygens (including phenoxy) is 4. The number of fused-ring (bicyclic) bond motifs is 2. The Bertz CT molecular complexity index is 2370. The number of ketones is 2. The van der Waals surface area contributed by atoms with Crippen LogP contribution in [-0.2, 0) is 38.2 Å². The molecular formula is C50H59NO10S2. The highest BCUT2D eigenvalue weighted by Crippen LogP contribution is 2.45. The van der Waals surface area contributed by atoms with Crippen LogP contribution in [0.15, 0.2) is 30.3 Å². The molecule has 4 aromatic rings. The number of benzene rings is 2. The molecule has 0 aliphatic heterocycles. The average Bonchev–Trinajstić information content (AvgIpc) is 3.93. The van der Waals surface area contributed by atoms with E-state index in [1.54, 1.807) is 37.3 Å². The van der Waals surface area contributed by atoms with Gasteiger partial charge in [-0.3, -0.25) is 28.8 Å². The molecule has 4 aliphatic carbocycles. The molecule has 2 heterocycles. The monoisotopic (exact) mass is 897 g/mol. The van der Waals surface area contributed by atoms with Gasteiger partial charge < -0.3 is 18.9 Å². The number of nitrogens with zero attached hydrogens (tertiary/aromatic N) is 1. The fourth-order valence-electron chi connectivity index (χ4n) is 10.3. The molecular weight excluding hydrogens is 839 g/mol. The molecule has 0 spiro atoms. The van der Waals surface area contributed by atoms with Crippen LogP contribution in [-0.4, -0.2) is 53.1 Å². The van der Waals surface area contributed by atoms with Crippen LogP contribution in [0, 0.1) is 55.3 Å². The summed E-state index contributed by atoms with van der Waals surface area (Å²) in [7, 11) is 0. The molecule has 0 N–H and O–H groups in total. The van der Waals surface area contributed by atoms with Gasteiger partial charge in [0.1, 0.15) is 32.9 Å². The first-order valence-corrected chi connectivity index (χ1v) is 24.7. The third kappa shape index (κ3) is 10.6. The predicted octanol–water partition coefficient (Wildman–Crippen LogP) is 10.8. The van der Waals surface area contributed by atoms with Crippen LogP contribution < -0.4 is 9.47 Å². The number of aromatic nitrogens is 1. The second-order valence-electron chi connectivity index (χ2n) is 18.8. The minimum absolute atomic E-state index is 0.0448. The van der Waals surface area contributed by atoms with Crippen molar-refractivity contribution >= 4 is 78.4 Å². The summed E-state index contributed by atoms with van der Waals surface area (Å²) in [6.45, 7) is 7.77.